The lowest BCUT2D eigenvalue weighted by Crippen LogP contribution is -2.30. The summed E-state index contributed by atoms with van der Waals surface area (Å²) < 4.78 is 0. The molecule has 1 aromatic carbocycles. The predicted molar refractivity (Wildman–Crippen MR) is 83.4 cm³/mol. The van der Waals surface area contributed by atoms with Crippen LogP contribution in [0.15, 0.2) is 18.2 Å². The van der Waals surface area contributed by atoms with Gasteiger partial charge >= 0.3 is 0 Å². The normalized spacial score (nSPS) is 10.6. The SMILES string of the molecule is CCNC(=O)CCNC(=O)c1ccc2[nH]c(C)c(C)c2c1. The number of benzene rings is 1. The summed E-state index contributed by atoms with van der Waals surface area (Å²) in [5.41, 5.74) is 3.91. The Hall–Kier alpha value is -2.30. The van der Waals surface area contributed by atoms with Crippen molar-refractivity contribution in [1.29, 1.82) is 0 Å². The van der Waals surface area contributed by atoms with Crippen molar-refractivity contribution < 1.29 is 9.59 Å². The minimum Gasteiger partial charge on any atom is -0.358 e. The molecule has 0 saturated carbocycles. The van der Waals surface area contributed by atoms with Gasteiger partial charge in [0.1, 0.15) is 0 Å². The Morgan fingerprint density at radius 2 is 1.95 bits per heavy atom. The van der Waals surface area contributed by atoms with Gasteiger partial charge in [0.15, 0.2) is 0 Å². The molecule has 2 amide bonds. The van der Waals surface area contributed by atoms with Crippen LogP contribution in [0.25, 0.3) is 10.9 Å². The fourth-order valence-electron chi connectivity index (χ4n) is 2.28. The molecular formula is C16H21N3O2. The zero-order valence-electron chi connectivity index (χ0n) is 12.7. The van der Waals surface area contributed by atoms with Crippen LogP contribution in [0.4, 0.5) is 0 Å². The van der Waals surface area contributed by atoms with E-state index in [1.165, 1.54) is 0 Å². The van der Waals surface area contributed by atoms with Gasteiger partial charge in [-0.3, -0.25) is 9.59 Å². The quantitative estimate of drug-likeness (QED) is 0.787. The van der Waals surface area contributed by atoms with Gasteiger partial charge in [0.2, 0.25) is 5.91 Å². The molecule has 0 atom stereocenters. The van der Waals surface area contributed by atoms with Crippen LogP contribution in [0, 0.1) is 13.8 Å². The standard InChI is InChI=1S/C16H21N3O2/c1-4-17-15(20)7-8-18-16(21)12-5-6-14-13(9-12)10(2)11(3)19-14/h5-6,9,19H,4,7-8H2,1-3H3,(H,17,20)(H,18,21). The largest absolute Gasteiger partial charge is 0.358 e. The first-order valence-corrected chi connectivity index (χ1v) is 7.16. The average Bonchev–Trinajstić information content (AvgIpc) is 2.74. The molecule has 0 unspecified atom stereocenters. The molecule has 0 aliphatic heterocycles. The monoisotopic (exact) mass is 287 g/mol. The average molecular weight is 287 g/mol. The van der Waals surface area contributed by atoms with Crippen LogP contribution in [0.3, 0.4) is 0 Å². The third-order valence-corrected chi connectivity index (χ3v) is 3.58. The van der Waals surface area contributed by atoms with Crippen LogP contribution < -0.4 is 10.6 Å². The zero-order valence-corrected chi connectivity index (χ0v) is 12.7. The summed E-state index contributed by atoms with van der Waals surface area (Å²) in [6, 6.07) is 5.59. The number of rotatable bonds is 5. The second-order valence-electron chi connectivity index (χ2n) is 5.09. The van der Waals surface area contributed by atoms with Gasteiger partial charge in [-0.1, -0.05) is 0 Å². The van der Waals surface area contributed by atoms with Gasteiger partial charge in [-0.15, -0.1) is 0 Å². The molecule has 5 heteroatoms. The first-order valence-electron chi connectivity index (χ1n) is 7.16. The third-order valence-electron chi connectivity index (χ3n) is 3.58. The van der Waals surface area contributed by atoms with E-state index < -0.39 is 0 Å². The van der Waals surface area contributed by atoms with Gasteiger partial charge in [0, 0.05) is 41.7 Å². The molecule has 2 aromatic rings. The van der Waals surface area contributed by atoms with Gasteiger partial charge in [0.25, 0.3) is 5.91 Å². The van der Waals surface area contributed by atoms with E-state index in [0.29, 0.717) is 25.1 Å². The molecule has 0 aliphatic rings. The highest BCUT2D eigenvalue weighted by Gasteiger charge is 2.10. The third kappa shape index (κ3) is 3.42. The van der Waals surface area contributed by atoms with E-state index in [1.54, 1.807) is 6.07 Å². The summed E-state index contributed by atoms with van der Waals surface area (Å²) in [6.45, 7) is 6.86. The fourth-order valence-corrected chi connectivity index (χ4v) is 2.28. The summed E-state index contributed by atoms with van der Waals surface area (Å²) in [5, 5.41) is 6.53. The number of hydrogen-bond donors (Lipinski definition) is 3. The number of aromatic nitrogens is 1. The molecule has 1 aromatic heterocycles. The van der Waals surface area contributed by atoms with Gasteiger partial charge in [-0.2, -0.15) is 0 Å². The lowest BCUT2D eigenvalue weighted by atomic mass is 10.1. The van der Waals surface area contributed by atoms with Gasteiger partial charge in [-0.05, 0) is 44.5 Å². The topological polar surface area (TPSA) is 74.0 Å². The van der Waals surface area contributed by atoms with Gasteiger partial charge < -0.3 is 15.6 Å². The Morgan fingerprint density at radius 1 is 1.19 bits per heavy atom. The van der Waals surface area contributed by atoms with Crippen molar-refractivity contribution in [2.45, 2.75) is 27.2 Å². The lowest BCUT2D eigenvalue weighted by molar-refractivity contribution is -0.120. The van der Waals surface area contributed by atoms with E-state index >= 15 is 0 Å². The number of amides is 2. The maximum Gasteiger partial charge on any atom is 0.251 e. The molecule has 1 heterocycles. The zero-order chi connectivity index (χ0) is 15.4. The number of carbonyl (C=O) groups is 2. The van der Waals surface area contributed by atoms with E-state index in [0.717, 1.165) is 22.2 Å². The highest BCUT2D eigenvalue weighted by molar-refractivity contribution is 5.99. The molecule has 0 spiro atoms. The first kappa shape index (κ1) is 15.1. The molecule has 2 rings (SSSR count). The molecule has 0 radical (unpaired) electrons. The Kier molecular flexibility index (Phi) is 4.62. The van der Waals surface area contributed by atoms with Crippen LogP contribution in [-0.2, 0) is 4.79 Å². The van der Waals surface area contributed by atoms with Crippen LogP contribution in [0.2, 0.25) is 0 Å². The number of aryl methyl sites for hydroxylation is 2. The fraction of sp³-hybridized carbons (Fsp3) is 0.375. The lowest BCUT2D eigenvalue weighted by Gasteiger charge is -2.06. The summed E-state index contributed by atoms with van der Waals surface area (Å²) >= 11 is 0. The second-order valence-corrected chi connectivity index (χ2v) is 5.09. The van der Waals surface area contributed by atoms with Crippen molar-refractivity contribution in [2.24, 2.45) is 0 Å². The number of H-pyrrole nitrogens is 1. The van der Waals surface area contributed by atoms with E-state index in [-0.39, 0.29) is 11.8 Å². The molecule has 0 bridgehead atoms. The molecule has 112 valence electrons. The molecule has 21 heavy (non-hydrogen) atoms. The summed E-state index contributed by atoms with van der Waals surface area (Å²) in [4.78, 5) is 26.7. The highest BCUT2D eigenvalue weighted by Crippen LogP contribution is 2.22. The Balaban J connectivity index is 2.02. The number of aromatic amines is 1. The van der Waals surface area contributed by atoms with Crippen LogP contribution in [-0.4, -0.2) is 29.9 Å². The summed E-state index contributed by atoms with van der Waals surface area (Å²) in [5.74, 6) is -0.204. The Morgan fingerprint density at radius 3 is 2.67 bits per heavy atom. The summed E-state index contributed by atoms with van der Waals surface area (Å²) in [6.07, 6.45) is 0.296. The minimum atomic E-state index is -0.153. The van der Waals surface area contributed by atoms with Crippen molar-refractivity contribution in [3.63, 3.8) is 0 Å². The Labute approximate surface area is 124 Å². The predicted octanol–water partition coefficient (Wildman–Crippen LogP) is 2.04. The maximum absolute atomic E-state index is 12.1. The van der Waals surface area contributed by atoms with E-state index in [9.17, 15) is 9.59 Å². The van der Waals surface area contributed by atoms with Crippen molar-refractivity contribution in [2.75, 3.05) is 13.1 Å². The van der Waals surface area contributed by atoms with Gasteiger partial charge in [0.05, 0.1) is 0 Å². The second kappa shape index (κ2) is 6.43. The molecule has 0 fully saturated rings. The van der Waals surface area contributed by atoms with Crippen molar-refractivity contribution in [1.82, 2.24) is 15.6 Å². The van der Waals surface area contributed by atoms with E-state index in [1.807, 2.05) is 32.9 Å². The first-order chi connectivity index (χ1) is 10.0. The smallest absolute Gasteiger partial charge is 0.251 e. The Bertz CT molecular complexity index is 673. The van der Waals surface area contributed by atoms with Crippen molar-refractivity contribution >= 4 is 22.7 Å². The molecule has 5 nitrogen and oxygen atoms in total. The minimum absolute atomic E-state index is 0.0506. The molecular weight excluding hydrogens is 266 g/mol. The van der Waals surface area contributed by atoms with Crippen molar-refractivity contribution in [3.8, 4) is 0 Å². The number of carbonyl (C=O) groups excluding carboxylic acids is 2. The van der Waals surface area contributed by atoms with E-state index in [4.69, 9.17) is 0 Å². The molecule has 3 N–H and O–H groups in total. The van der Waals surface area contributed by atoms with E-state index in [2.05, 4.69) is 15.6 Å². The maximum atomic E-state index is 12.1. The van der Waals surface area contributed by atoms with Crippen LogP contribution in [0.1, 0.15) is 35.0 Å². The number of hydrogen-bond acceptors (Lipinski definition) is 2. The summed E-state index contributed by atoms with van der Waals surface area (Å²) in [7, 11) is 0. The van der Waals surface area contributed by atoms with Crippen LogP contribution in [0.5, 0.6) is 0 Å². The molecule has 0 saturated heterocycles. The number of nitrogens with one attached hydrogen (secondary N) is 3. The van der Waals surface area contributed by atoms with Gasteiger partial charge in [-0.25, -0.2) is 0 Å². The van der Waals surface area contributed by atoms with Crippen molar-refractivity contribution in [3.05, 3.63) is 35.0 Å². The number of fused-ring (bicyclic) bond motifs is 1. The highest BCUT2D eigenvalue weighted by atomic mass is 16.2. The van der Waals surface area contributed by atoms with Crippen LogP contribution >= 0.6 is 0 Å². The molecule has 0 aliphatic carbocycles.